The third-order valence-corrected chi connectivity index (χ3v) is 1.17. The normalized spacial score (nSPS) is 9.64. The molecular weight excluding hydrogens is 218 g/mol. The molecule has 6 heteroatoms. The Hall–Kier alpha value is -1.35. The average Bonchev–Trinajstić information content (AvgIpc) is 2.04. The van der Waals surface area contributed by atoms with Gasteiger partial charge < -0.3 is 12.6 Å². The molecule has 0 bridgehead atoms. The lowest BCUT2D eigenvalue weighted by molar-refractivity contribution is -0.137. The van der Waals surface area contributed by atoms with Crippen LogP contribution in [0, 0.1) is 16.5 Å². The van der Waals surface area contributed by atoms with Crippen LogP contribution >= 0.6 is 0 Å². The van der Waals surface area contributed by atoms with E-state index in [1.807, 2.05) is 0 Å². The number of thiocyanates is 1. The summed E-state index contributed by atoms with van der Waals surface area (Å²) in [4.78, 5) is 0. The second-order valence-corrected chi connectivity index (χ2v) is 2.28. The second-order valence-electron chi connectivity index (χ2n) is 2.10. The monoisotopic (exact) mass is 222 g/mol. The van der Waals surface area contributed by atoms with Gasteiger partial charge in [0.2, 0.25) is 0 Å². The molecule has 0 heterocycles. The van der Waals surface area contributed by atoms with Gasteiger partial charge in [0.15, 0.2) is 0 Å². The fourth-order valence-electron chi connectivity index (χ4n) is 0.639. The molecule has 0 spiro atoms. The van der Waals surface area contributed by atoms with E-state index in [9.17, 15) is 17.6 Å². The van der Waals surface area contributed by atoms with Crippen LogP contribution < -0.4 is 0 Å². The van der Waals surface area contributed by atoms with Crippen LogP contribution in [0.3, 0.4) is 0 Å². The first kappa shape index (κ1) is 12.7. The van der Waals surface area contributed by atoms with Gasteiger partial charge in [-0.15, -0.1) is 0 Å². The van der Waals surface area contributed by atoms with Crippen LogP contribution in [-0.4, -0.2) is 0 Å². The standard InChI is InChI=1S/C7H4F4.CHNS/c8-6-3-1-5(2-4-6)7(9,10)11;2-1-3/h1-4H;3H/p-1. The molecule has 0 unspecified atom stereocenters. The SMILES string of the molecule is Fc1ccc(C(F)(F)F)cc1.N#C[S-]. The molecule has 1 aromatic rings. The highest BCUT2D eigenvalue weighted by Gasteiger charge is 2.29. The lowest BCUT2D eigenvalue weighted by Gasteiger charge is -2.04. The maximum absolute atomic E-state index is 12.1. The molecule has 0 saturated carbocycles. The van der Waals surface area contributed by atoms with Gasteiger partial charge in [-0.05, 0) is 24.3 Å². The van der Waals surface area contributed by atoms with Crippen LogP contribution in [0.1, 0.15) is 5.56 Å². The minimum absolute atomic E-state index is 0.669. The van der Waals surface area contributed by atoms with Crippen molar-refractivity contribution in [3.8, 4) is 5.40 Å². The van der Waals surface area contributed by atoms with Crippen molar-refractivity contribution >= 4 is 12.6 Å². The Morgan fingerprint density at radius 2 is 1.50 bits per heavy atom. The summed E-state index contributed by atoms with van der Waals surface area (Å²) >= 11 is 3.70. The van der Waals surface area contributed by atoms with Gasteiger partial charge >= 0.3 is 6.18 Å². The van der Waals surface area contributed by atoms with E-state index in [-0.39, 0.29) is 0 Å². The molecule has 76 valence electrons. The third-order valence-electron chi connectivity index (χ3n) is 1.17. The van der Waals surface area contributed by atoms with Crippen molar-refractivity contribution in [2.45, 2.75) is 6.18 Å². The summed E-state index contributed by atoms with van der Waals surface area (Å²) in [5, 5.41) is 8.47. The lowest BCUT2D eigenvalue weighted by Crippen LogP contribution is -2.03. The maximum Gasteiger partial charge on any atom is 0.416 e. The Kier molecular flexibility index (Phi) is 4.87. The molecule has 0 aliphatic rings. The molecule has 0 aromatic heterocycles. The Labute approximate surface area is 83.4 Å². The number of nitriles is 1. The summed E-state index contributed by atoms with van der Waals surface area (Å²) in [6, 6.07) is 2.97. The van der Waals surface area contributed by atoms with Crippen LogP contribution in [0.2, 0.25) is 0 Å². The first-order chi connectivity index (χ1) is 6.41. The fourth-order valence-corrected chi connectivity index (χ4v) is 0.639. The maximum atomic E-state index is 12.1. The average molecular weight is 222 g/mol. The van der Waals surface area contributed by atoms with Crippen molar-refractivity contribution < 1.29 is 17.6 Å². The zero-order valence-corrected chi connectivity index (χ0v) is 7.49. The minimum atomic E-state index is -4.38. The molecule has 0 saturated heterocycles. The summed E-state index contributed by atoms with van der Waals surface area (Å²) < 4.78 is 47.5. The Bertz CT molecular complexity index is 312. The molecule has 0 N–H and O–H groups in total. The number of hydrogen-bond acceptors (Lipinski definition) is 2. The number of alkyl halides is 3. The largest absolute Gasteiger partial charge is 0.696 e. The van der Waals surface area contributed by atoms with Crippen molar-refractivity contribution in [2.75, 3.05) is 0 Å². The first-order valence-electron chi connectivity index (χ1n) is 3.26. The predicted octanol–water partition coefficient (Wildman–Crippen LogP) is 2.86. The van der Waals surface area contributed by atoms with E-state index in [2.05, 4.69) is 12.6 Å². The molecule has 1 rings (SSSR count). The summed E-state index contributed by atoms with van der Waals surface area (Å²) in [5.74, 6) is -0.669. The minimum Gasteiger partial charge on any atom is -0.696 e. The first-order valence-corrected chi connectivity index (χ1v) is 3.66. The molecule has 14 heavy (non-hydrogen) atoms. The van der Waals surface area contributed by atoms with E-state index in [0.29, 0.717) is 12.1 Å². The van der Waals surface area contributed by atoms with Crippen molar-refractivity contribution in [2.24, 2.45) is 0 Å². The van der Waals surface area contributed by atoms with Crippen molar-refractivity contribution in [3.63, 3.8) is 0 Å². The van der Waals surface area contributed by atoms with Crippen LogP contribution in [0.4, 0.5) is 17.6 Å². The van der Waals surface area contributed by atoms with E-state index >= 15 is 0 Å². The van der Waals surface area contributed by atoms with Crippen LogP contribution in [0.15, 0.2) is 24.3 Å². The molecule has 0 atom stereocenters. The molecule has 1 nitrogen and oxygen atoms in total. The number of halogens is 4. The smallest absolute Gasteiger partial charge is 0.416 e. The Morgan fingerprint density at radius 1 is 1.14 bits per heavy atom. The van der Waals surface area contributed by atoms with E-state index in [4.69, 9.17) is 5.26 Å². The molecular formula is C8H4F4NS-. The molecule has 0 aliphatic carbocycles. The summed E-state index contributed by atoms with van der Waals surface area (Å²) in [6.45, 7) is 0. The van der Waals surface area contributed by atoms with Crippen molar-refractivity contribution in [1.29, 1.82) is 5.26 Å². The van der Waals surface area contributed by atoms with Gasteiger partial charge in [-0.2, -0.15) is 13.2 Å². The summed E-state index contributed by atoms with van der Waals surface area (Å²) in [7, 11) is 0. The van der Waals surface area contributed by atoms with Gasteiger partial charge in [0.05, 0.1) is 5.56 Å². The Morgan fingerprint density at radius 3 is 1.79 bits per heavy atom. The number of benzene rings is 1. The van der Waals surface area contributed by atoms with Crippen LogP contribution in [-0.2, 0) is 18.8 Å². The van der Waals surface area contributed by atoms with Gasteiger partial charge in [0.1, 0.15) is 5.82 Å². The summed E-state index contributed by atoms with van der Waals surface area (Å²) in [5.41, 5.74) is -0.834. The quantitative estimate of drug-likeness (QED) is 0.383. The molecule has 0 amide bonds. The highest BCUT2D eigenvalue weighted by atomic mass is 32.1. The molecule has 0 radical (unpaired) electrons. The van der Waals surface area contributed by atoms with Gasteiger partial charge in [-0.25, -0.2) is 9.65 Å². The topological polar surface area (TPSA) is 23.8 Å². The van der Waals surface area contributed by atoms with Gasteiger partial charge in [0, 0.05) is 0 Å². The number of hydrogen-bond donors (Lipinski definition) is 0. The van der Waals surface area contributed by atoms with Crippen LogP contribution in [0.25, 0.3) is 0 Å². The van der Waals surface area contributed by atoms with Gasteiger partial charge in [-0.3, -0.25) is 0 Å². The third kappa shape index (κ3) is 4.62. The Balaban J connectivity index is 0.000000500. The van der Waals surface area contributed by atoms with E-state index in [1.165, 1.54) is 5.40 Å². The lowest BCUT2D eigenvalue weighted by atomic mass is 10.2. The van der Waals surface area contributed by atoms with E-state index in [1.54, 1.807) is 0 Å². The molecule has 0 fully saturated rings. The molecule has 1 aromatic carbocycles. The van der Waals surface area contributed by atoms with Gasteiger partial charge in [-0.1, -0.05) is 5.40 Å². The number of rotatable bonds is 0. The summed E-state index contributed by atoms with van der Waals surface area (Å²) in [6.07, 6.45) is -4.38. The number of nitrogens with zero attached hydrogens (tertiary/aromatic N) is 1. The van der Waals surface area contributed by atoms with Crippen molar-refractivity contribution in [3.05, 3.63) is 35.6 Å². The van der Waals surface area contributed by atoms with Gasteiger partial charge in [0.25, 0.3) is 0 Å². The fraction of sp³-hybridized carbons (Fsp3) is 0.125. The van der Waals surface area contributed by atoms with E-state index < -0.39 is 17.6 Å². The van der Waals surface area contributed by atoms with Crippen molar-refractivity contribution in [1.82, 2.24) is 0 Å². The zero-order valence-electron chi connectivity index (χ0n) is 6.68. The molecule has 0 aliphatic heterocycles. The highest BCUT2D eigenvalue weighted by molar-refractivity contribution is 7.64. The van der Waals surface area contributed by atoms with E-state index in [0.717, 1.165) is 12.1 Å². The predicted molar refractivity (Wildman–Crippen MR) is 44.4 cm³/mol. The highest BCUT2D eigenvalue weighted by Crippen LogP contribution is 2.28. The van der Waals surface area contributed by atoms with Crippen LogP contribution in [0.5, 0.6) is 0 Å². The zero-order chi connectivity index (χ0) is 11.2. The second kappa shape index (κ2) is 5.40.